The molecule has 0 radical (unpaired) electrons. The van der Waals surface area contributed by atoms with E-state index in [1.807, 2.05) is 61.5 Å². The minimum Gasteiger partial charge on any atom is -0.378 e. The van der Waals surface area contributed by atoms with Gasteiger partial charge >= 0.3 is 0 Å². The molecule has 2 aromatic rings. The quantitative estimate of drug-likeness (QED) is 0.516. The van der Waals surface area contributed by atoms with Crippen LogP contribution in [0.15, 0.2) is 56.5 Å². The summed E-state index contributed by atoms with van der Waals surface area (Å²) in [5.74, 6) is -0.217. The van der Waals surface area contributed by atoms with Crippen molar-refractivity contribution < 1.29 is 4.79 Å². The van der Waals surface area contributed by atoms with E-state index in [9.17, 15) is 4.79 Å². The summed E-state index contributed by atoms with van der Waals surface area (Å²) in [6.07, 6.45) is 1.62. The van der Waals surface area contributed by atoms with Crippen molar-refractivity contribution in [1.29, 1.82) is 0 Å². The van der Waals surface area contributed by atoms with Gasteiger partial charge in [-0.05, 0) is 51.8 Å². The zero-order chi connectivity index (χ0) is 17.5. The first-order chi connectivity index (χ1) is 11.5. The van der Waals surface area contributed by atoms with E-state index in [1.54, 1.807) is 6.21 Å². The van der Waals surface area contributed by atoms with Gasteiger partial charge in [0, 0.05) is 34.4 Å². The Morgan fingerprint density at radius 2 is 1.88 bits per heavy atom. The summed E-state index contributed by atoms with van der Waals surface area (Å²) in [5, 5.41) is 7.02. The molecule has 5 nitrogen and oxygen atoms in total. The first-order valence-electron chi connectivity index (χ1n) is 7.24. The lowest BCUT2D eigenvalue weighted by molar-refractivity contribution is -0.119. The number of carbonyl (C=O) groups is 1. The highest BCUT2D eigenvalue weighted by Gasteiger charge is 2.03. The predicted molar refractivity (Wildman–Crippen MR) is 107 cm³/mol. The van der Waals surface area contributed by atoms with Crippen molar-refractivity contribution in [2.24, 2.45) is 5.10 Å². The van der Waals surface area contributed by atoms with E-state index in [-0.39, 0.29) is 12.5 Å². The normalized spacial score (nSPS) is 10.7. The van der Waals surface area contributed by atoms with Crippen molar-refractivity contribution in [3.05, 3.63) is 57.0 Å². The van der Waals surface area contributed by atoms with Crippen molar-refractivity contribution in [2.75, 3.05) is 30.9 Å². The number of nitrogens with one attached hydrogen (secondary N) is 2. The molecule has 0 saturated heterocycles. The summed E-state index contributed by atoms with van der Waals surface area (Å²) in [6.45, 7) is 0.136. The minimum atomic E-state index is -0.217. The monoisotopic (exact) mass is 452 g/mol. The standard InChI is InChI=1S/C17H18Br2N4O/c1-23(2)14-6-3-12(4-7-14)10-21-22-17(24)11-20-16-8-5-13(18)9-15(16)19/h3-10,20H,11H2,1-2H3,(H,22,24). The van der Waals surface area contributed by atoms with Crippen LogP contribution in [-0.4, -0.2) is 32.8 Å². The van der Waals surface area contributed by atoms with E-state index in [1.165, 1.54) is 0 Å². The van der Waals surface area contributed by atoms with Crippen molar-refractivity contribution >= 4 is 55.4 Å². The molecule has 0 spiro atoms. The average molecular weight is 454 g/mol. The Kier molecular flexibility index (Phi) is 6.81. The van der Waals surface area contributed by atoms with Crippen LogP contribution in [0.3, 0.4) is 0 Å². The molecule has 24 heavy (non-hydrogen) atoms. The number of hydrogen-bond acceptors (Lipinski definition) is 4. The zero-order valence-corrected chi connectivity index (χ0v) is 16.6. The molecule has 2 N–H and O–H groups in total. The fraction of sp³-hybridized carbons (Fsp3) is 0.176. The Labute approximate surface area is 158 Å². The summed E-state index contributed by atoms with van der Waals surface area (Å²) in [7, 11) is 3.97. The number of nitrogens with zero attached hydrogens (tertiary/aromatic N) is 2. The van der Waals surface area contributed by atoms with E-state index in [0.29, 0.717) is 0 Å². The molecule has 0 saturated carbocycles. The second-order valence-electron chi connectivity index (χ2n) is 5.26. The molecule has 0 bridgehead atoms. The van der Waals surface area contributed by atoms with Gasteiger partial charge in [0.15, 0.2) is 0 Å². The predicted octanol–water partition coefficient (Wildman–Crippen LogP) is 3.84. The number of rotatable bonds is 6. The molecule has 2 rings (SSSR count). The zero-order valence-electron chi connectivity index (χ0n) is 13.4. The van der Waals surface area contributed by atoms with Gasteiger partial charge in [0.25, 0.3) is 5.91 Å². The molecule has 0 atom stereocenters. The molecular weight excluding hydrogens is 436 g/mol. The number of halogens is 2. The van der Waals surface area contributed by atoms with Crippen LogP contribution in [0.1, 0.15) is 5.56 Å². The lowest BCUT2D eigenvalue weighted by Crippen LogP contribution is -2.26. The Morgan fingerprint density at radius 3 is 2.50 bits per heavy atom. The van der Waals surface area contributed by atoms with Crippen LogP contribution in [-0.2, 0) is 4.79 Å². The second kappa shape index (κ2) is 8.84. The molecule has 1 amide bonds. The Bertz CT molecular complexity index is 730. The largest absolute Gasteiger partial charge is 0.378 e. The molecule has 0 fully saturated rings. The Hall–Kier alpha value is -1.86. The SMILES string of the molecule is CN(C)c1ccc(C=NNC(=O)CNc2ccc(Br)cc2Br)cc1. The molecule has 7 heteroatoms. The number of carbonyl (C=O) groups excluding carboxylic acids is 1. The molecule has 2 aromatic carbocycles. The molecule has 0 aliphatic rings. The van der Waals surface area contributed by atoms with Crippen molar-refractivity contribution in [1.82, 2.24) is 5.43 Å². The summed E-state index contributed by atoms with van der Waals surface area (Å²) < 4.78 is 1.85. The van der Waals surface area contributed by atoms with Gasteiger partial charge in [-0.25, -0.2) is 5.43 Å². The molecule has 0 aliphatic carbocycles. The Morgan fingerprint density at radius 1 is 1.17 bits per heavy atom. The van der Waals surface area contributed by atoms with Crippen LogP contribution in [0, 0.1) is 0 Å². The molecule has 0 unspecified atom stereocenters. The topological polar surface area (TPSA) is 56.7 Å². The number of hydrogen-bond donors (Lipinski definition) is 2. The highest BCUT2D eigenvalue weighted by molar-refractivity contribution is 9.11. The van der Waals surface area contributed by atoms with E-state index < -0.39 is 0 Å². The first kappa shape index (κ1) is 18.5. The summed E-state index contributed by atoms with van der Waals surface area (Å²) in [5.41, 5.74) is 5.38. The van der Waals surface area contributed by atoms with Crippen molar-refractivity contribution in [3.63, 3.8) is 0 Å². The molecular formula is C17H18Br2N4O. The van der Waals surface area contributed by atoms with Crippen LogP contribution >= 0.6 is 31.9 Å². The third-order valence-corrected chi connectivity index (χ3v) is 4.33. The third-order valence-electron chi connectivity index (χ3n) is 3.18. The number of hydrazone groups is 1. The number of benzene rings is 2. The van der Waals surface area contributed by atoms with Crippen molar-refractivity contribution in [3.8, 4) is 0 Å². The highest BCUT2D eigenvalue weighted by atomic mass is 79.9. The van der Waals surface area contributed by atoms with E-state index in [2.05, 4.69) is 47.7 Å². The molecule has 0 aromatic heterocycles. The van der Waals surface area contributed by atoms with Gasteiger partial charge in [0.1, 0.15) is 0 Å². The van der Waals surface area contributed by atoms with Gasteiger partial charge in [-0.1, -0.05) is 28.1 Å². The number of anilines is 2. The van der Waals surface area contributed by atoms with Gasteiger partial charge in [-0.15, -0.1) is 0 Å². The maximum absolute atomic E-state index is 11.8. The van der Waals surface area contributed by atoms with Crippen molar-refractivity contribution in [2.45, 2.75) is 0 Å². The molecule has 126 valence electrons. The van der Waals surface area contributed by atoms with Crippen LogP contribution in [0.25, 0.3) is 0 Å². The highest BCUT2D eigenvalue weighted by Crippen LogP contribution is 2.25. The van der Waals surface area contributed by atoms with Crippen LogP contribution in [0.5, 0.6) is 0 Å². The fourth-order valence-electron chi connectivity index (χ4n) is 1.89. The van der Waals surface area contributed by atoms with Crippen LogP contribution in [0.4, 0.5) is 11.4 Å². The van der Waals surface area contributed by atoms with Gasteiger partial charge in [-0.2, -0.15) is 5.10 Å². The molecule has 0 aliphatic heterocycles. The van der Waals surface area contributed by atoms with E-state index in [0.717, 1.165) is 25.9 Å². The molecule has 0 heterocycles. The first-order valence-corrected chi connectivity index (χ1v) is 8.82. The van der Waals surface area contributed by atoms with Gasteiger partial charge in [-0.3, -0.25) is 4.79 Å². The van der Waals surface area contributed by atoms with Gasteiger partial charge in [0.05, 0.1) is 12.8 Å². The van der Waals surface area contributed by atoms with Crippen LogP contribution < -0.4 is 15.6 Å². The van der Waals surface area contributed by atoms with E-state index in [4.69, 9.17) is 0 Å². The maximum Gasteiger partial charge on any atom is 0.259 e. The summed E-state index contributed by atoms with van der Waals surface area (Å²) >= 11 is 6.83. The smallest absolute Gasteiger partial charge is 0.259 e. The maximum atomic E-state index is 11.8. The summed E-state index contributed by atoms with van der Waals surface area (Å²) in [6, 6.07) is 13.6. The minimum absolute atomic E-state index is 0.136. The van der Waals surface area contributed by atoms with E-state index >= 15 is 0 Å². The van der Waals surface area contributed by atoms with Gasteiger partial charge < -0.3 is 10.2 Å². The summed E-state index contributed by atoms with van der Waals surface area (Å²) in [4.78, 5) is 13.8. The third kappa shape index (κ3) is 5.65. The lowest BCUT2D eigenvalue weighted by atomic mass is 10.2. The fourth-order valence-corrected chi connectivity index (χ4v) is 3.07. The Balaban J connectivity index is 1.82. The average Bonchev–Trinajstić information content (AvgIpc) is 2.54. The lowest BCUT2D eigenvalue weighted by Gasteiger charge is -2.11. The number of amides is 1. The van der Waals surface area contributed by atoms with Crippen LogP contribution in [0.2, 0.25) is 0 Å². The second-order valence-corrected chi connectivity index (χ2v) is 7.03. The van der Waals surface area contributed by atoms with Gasteiger partial charge in [0.2, 0.25) is 0 Å².